The number of halogens is 2. The van der Waals surface area contributed by atoms with Crippen molar-refractivity contribution in [3.05, 3.63) is 23.8 Å². The number of hydrogen-bond donors (Lipinski definition) is 2. The lowest BCUT2D eigenvalue weighted by molar-refractivity contribution is -0.287. The minimum atomic E-state index is -3.65. The summed E-state index contributed by atoms with van der Waals surface area (Å²) in [5, 5.41) is 2.78. The maximum Gasteiger partial charge on any atom is 0.586 e. The number of likely N-dealkylation sites (tertiary alicyclic amines) is 1. The van der Waals surface area contributed by atoms with Gasteiger partial charge in [0.2, 0.25) is 5.91 Å². The van der Waals surface area contributed by atoms with Crippen molar-refractivity contribution >= 4 is 5.91 Å². The summed E-state index contributed by atoms with van der Waals surface area (Å²) in [5.74, 6) is -0.0753. The summed E-state index contributed by atoms with van der Waals surface area (Å²) in [5.41, 5.74) is 6.51. The van der Waals surface area contributed by atoms with Crippen LogP contribution in [0.15, 0.2) is 18.2 Å². The summed E-state index contributed by atoms with van der Waals surface area (Å²) in [4.78, 5) is 14.0. The Labute approximate surface area is 132 Å². The fourth-order valence-electron chi connectivity index (χ4n) is 3.05. The third kappa shape index (κ3) is 3.23. The van der Waals surface area contributed by atoms with Crippen LogP contribution in [0.25, 0.3) is 0 Å². The van der Waals surface area contributed by atoms with Gasteiger partial charge in [-0.3, -0.25) is 9.69 Å². The molecule has 0 spiro atoms. The molecule has 2 atom stereocenters. The maximum absolute atomic E-state index is 13.3. The number of fused-ring (bicyclic) bond motifs is 1. The number of benzene rings is 1. The molecule has 0 unspecified atom stereocenters. The number of nitrogens with two attached hydrogens (primary N) is 1. The number of ether oxygens (including phenoxy) is 2. The molecule has 2 aliphatic rings. The smallest absolute Gasteiger partial charge is 0.395 e. The molecule has 0 radical (unpaired) electrons. The molecule has 0 saturated carbocycles. The number of nitrogens with zero attached hydrogens (tertiary/aromatic N) is 1. The van der Waals surface area contributed by atoms with Crippen LogP contribution in [0.1, 0.15) is 18.9 Å². The molecular weight excluding hydrogens is 308 g/mol. The van der Waals surface area contributed by atoms with Gasteiger partial charge in [-0.2, -0.15) is 0 Å². The molecular formula is C15H19F2N3O3. The lowest BCUT2D eigenvalue weighted by Crippen LogP contribution is -2.42. The highest BCUT2D eigenvalue weighted by atomic mass is 19.3. The van der Waals surface area contributed by atoms with Crippen LogP contribution < -0.4 is 20.5 Å². The molecule has 8 heteroatoms. The first-order valence-electron chi connectivity index (χ1n) is 7.54. The van der Waals surface area contributed by atoms with E-state index in [1.807, 2.05) is 11.8 Å². The lowest BCUT2D eigenvalue weighted by Gasteiger charge is -2.23. The Morgan fingerprint density at radius 2 is 2.26 bits per heavy atom. The highest BCUT2D eigenvalue weighted by Gasteiger charge is 2.45. The fraction of sp³-hybridized carbons (Fsp3) is 0.533. The van der Waals surface area contributed by atoms with Gasteiger partial charge in [-0.25, -0.2) is 0 Å². The van der Waals surface area contributed by atoms with Crippen molar-refractivity contribution in [3.8, 4) is 11.5 Å². The molecule has 1 saturated heterocycles. The van der Waals surface area contributed by atoms with E-state index in [9.17, 15) is 13.6 Å². The zero-order valence-electron chi connectivity index (χ0n) is 12.7. The van der Waals surface area contributed by atoms with Crippen molar-refractivity contribution in [2.24, 2.45) is 5.73 Å². The number of nitrogens with one attached hydrogen (secondary N) is 1. The largest absolute Gasteiger partial charge is 0.586 e. The van der Waals surface area contributed by atoms with Crippen molar-refractivity contribution in [1.29, 1.82) is 0 Å². The number of carbonyl (C=O) groups excluding carboxylic acids is 1. The average molecular weight is 327 g/mol. The van der Waals surface area contributed by atoms with E-state index in [0.717, 1.165) is 0 Å². The van der Waals surface area contributed by atoms with Crippen molar-refractivity contribution in [2.45, 2.75) is 38.3 Å². The second kappa shape index (κ2) is 5.93. The average Bonchev–Trinajstić information content (AvgIpc) is 2.98. The van der Waals surface area contributed by atoms with E-state index >= 15 is 0 Å². The fourth-order valence-corrected chi connectivity index (χ4v) is 3.05. The Morgan fingerprint density at radius 3 is 3.00 bits per heavy atom. The highest BCUT2D eigenvalue weighted by Crippen LogP contribution is 2.43. The van der Waals surface area contributed by atoms with Crippen LogP contribution in [-0.2, 0) is 11.3 Å². The zero-order valence-corrected chi connectivity index (χ0v) is 12.7. The SMILES string of the molecule is CCNC(=O)[C@@H]1C[C@H](N)CN1Cc1cccc2c1OC(F)(F)O2. The number of amides is 1. The Bertz CT molecular complexity index is 612. The standard InChI is InChI=1S/C15H19F2N3O3/c1-2-19-14(21)11-6-10(18)8-20(11)7-9-4-3-5-12-13(9)23-15(16,17)22-12/h3-5,10-11H,2,6-8,18H2,1H3,(H,19,21)/t10-,11-/m0/s1. The third-order valence-corrected chi connectivity index (χ3v) is 3.97. The summed E-state index contributed by atoms with van der Waals surface area (Å²) in [7, 11) is 0. The molecule has 126 valence electrons. The number of para-hydroxylation sites is 1. The van der Waals surface area contributed by atoms with E-state index in [1.54, 1.807) is 12.1 Å². The molecule has 1 amide bonds. The van der Waals surface area contributed by atoms with Gasteiger partial charge in [0.1, 0.15) is 0 Å². The number of hydrogen-bond acceptors (Lipinski definition) is 5. The van der Waals surface area contributed by atoms with Crippen LogP contribution in [0.3, 0.4) is 0 Å². The third-order valence-electron chi connectivity index (χ3n) is 3.97. The molecule has 3 N–H and O–H groups in total. The van der Waals surface area contributed by atoms with Crippen LogP contribution in [-0.4, -0.2) is 42.3 Å². The predicted molar refractivity (Wildman–Crippen MR) is 78.1 cm³/mol. The minimum absolute atomic E-state index is 0.00514. The second-order valence-electron chi connectivity index (χ2n) is 5.75. The van der Waals surface area contributed by atoms with Gasteiger partial charge in [0.25, 0.3) is 0 Å². The highest BCUT2D eigenvalue weighted by molar-refractivity contribution is 5.82. The maximum atomic E-state index is 13.3. The number of rotatable bonds is 4. The van der Waals surface area contributed by atoms with Crippen molar-refractivity contribution in [1.82, 2.24) is 10.2 Å². The molecule has 1 fully saturated rings. The van der Waals surface area contributed by atoms with Crippen LogP contribution in [0, 0.1) is 0 Å². The molecule has 1 aromatic rings. The lowest BCUT2D eigenvalue weighted by atomic mass is 10.1. The molecule has 0 aromatic heterocycles. The molecule has 2 heterocycles. The van der Waals surface area contributed by atoms with Crippen molar-refractivity contribution in [3.63, 3.8) is 0 Å². The van der Waals surface area contributed by atoms with Gasteiger partial charge >= 0.3 is 6.29 Å². The number of likely N-dealkylation sites (N-methyl/N-ethyl adjacent to an activating group) is 1. The monoisotopic (exact) mass is 327 g/mol. The second-order valence-corrected chi connectivity index (χ2v) is 5.75. The Hall–Kier alpha value is -1.93. The molecule has 0 aliphatic carbocycles. The van der Waals surface area contributed by atoms with Gasteiger partial charge < -0.3 is 20.5 Å². The predicted octanol–water partition coefficient (Wildman–Crippen LogP) is 1.05. The van der Waals surface area contributed by atoms with Crippen LogP contribution in [0.4, 0.5) is 8.78 Å². The van der Waals surface area contributed by atoms with E-state index in [0.29, 0.717) is 25.1 Å². The molecule has 0 bridgehead atoms. The molecule has 1 aromatic carbocycles. The van der Waals surface area contributed by atoms with E-state index < -0.39 is 6.29 Å². The van der Waals surface area contributed by atoms with Gasteiger partial charge in [-0.1, -0.05) is 12.1 Å². The molecule has 23 heavy (non-hydrogen) atoms. The topological polar surface area (TPSA) is 76.8 Å². The van der Waals surface area contributed by atoms with Gasteiger partial charge in [-0.15, -0.1) is 8.78 Å². The summed E-state index contributed by atoms with van der Waals surface area (Å²) >= 11 is 0. The van der Waals surface area contributed by atoms with Gasteiger partial charge in [0.05, 0.1) is 6.04 Å². The number of alkyl halides is 2. The van der Waals surface area contributed by atoms with Gasteiger partial charge in [0, 0.05) is 31.2 Å². The Balaban J connectivity index is 1.80. The van der Waals surface area contributed by atoms with Crippen LogP contribution in [0.2, 0.25) is 0 Å². The normalized spacial score (nSPS) is 25.6. The quantitative estimate of drug-likeness (QED) is 0.864. The molecule has 3 rings (SSSR count). The molecule has 2 aliphatic heterocycles. The van der Waals surface area contributed by atoms with Gasteiger partial charge in [-0.05, 0) is 19.4 Å². The van der Waals surface area contributed by atoms with Gasteiger partial charge in [0.15, 0.2) is 11.5 Å². The Kier molecular flexibility index (Phi) is 4.11. The van der Waals surface area contributed by atoms with E-state index in [2.05, 4.69) is 14.8 Å². The minimum Gasteiger partial charge on any atom is -0.395 e. The van der Waals surface area contributed by atoms with Crippen molar-refractivity contribution < 1.29 is 23.0 Å². The summed E-state index contributed by atoms with van der Waals surface area (Å²) in [6, 6.07) is 4.23. The Morgan fingerprint density at radius 1 is 1.48 bits per heavy atom. The van der Waals surface area contributed by atoms with Crippen LogP contribution >= 0.6 is 0 Å². The first kappa shape index (κ1) is 15.9. The van der Waals surface area contributed by atoms with E-state index in [1.165, 1.54) is 6.07 Å². The summed E-state index contributed by atoms with van der Waals surface area (Å²) < 4.78 is 35.6. The molecule has 6 nitrogen and oxygen atoms in total. The summed E-state index contributed by atoms with van der Waals surface area (Å²) in [6.45, 7) is 3.18. The van der Waals surface area contributed by atoms with E-state index in [-0.39, 0.29) is 36.0 Å². The van der Waals surface area contributed by atoms with Crippen LogP contribution in [0.5, 0.6) is 11.5 Å². The first-order chi connectivity index (χ1) is 10.9. The van der Waals surface area contributed by atoms with E-state index in [4.69, 9.17) is 5.73 Å². The summed E-state index contributed by atoms with van der Waals surface area (Å²) in [6.07, 6.45) is -3.12. The van der Waals surface area contributed by atoms with Crippen molar-refractivity contribution in [2.75, 3.05) is 13.1 Å². The number of carbonyl (C=O) groups is 1. The zero-order chi connectivity index (χ0) is 16.6. The first-order valence-corrected chi connectivity index (χ1v) is 7.54.